The summed E-state index contributed by atoms with van der Waals surface area (Å²) in [5, 5.41) is 3.29. The smallest absolute Gasteiger partial charge is 0.241 e. The summed E-state index contributed by atoms with van der Waals surface area (Å²) in [6.45, 7) is 4.66. The topological polar surface area (TPSA) is 67.6 Å². The van der Waals surface area contributed by atoms with Crippen molar-refractivity contribution in [1.82, 2.24) is 4.90 Å². The highest BCUT2D eigenvalue weighted by atomic mass is 35.5. The lowest BCUT2D eigenvalue weighted by Crippen LogP contribution is -2.47. The molecule has 0 spiro atoms. The zero-order valence-electron chi connectivity index (χ0n) is 12.6. The molecule has 0 radical (unpaired) electrons. The van der Waals surface area contributed by atoms with Crippen LogP contribution in [0.4, 0.5) is 11.4 Å². The molecule has 1 aliphatic rings. The van der Waals surface area contributed by atoms with Crippen LogP contribution in [0.3, 0.4) is 0 Å². The van der Waals surface area contributed by atoms with Crippen LogP contribution in [0.5, 0.6) is 0 Å². The molecule has 0 aromatic heterocycles. The summed E-state index contributed by atoms with van der Waals surface area (Å²) >= 11 is 6.08. The minimum atomic E-state index is -0.271. The standard InChI is InChI=1S/C15H22ClN3O2/c1-9(19(3)14-6-7-21-10(14)2)15(20)18-13-5-4-11(17)8-12(13)16/h4-5,8-10,14H,6-7,17H2,1-3H3,(H,18,20). The number of amides is 1. The molecule has 21 heavy (non-hydrogen) atoms. The maximum absolute atomic E-state index is 12.4. The summed E-state index contributed by atoms with van der Waals surface area (Å²) in [6, 6.07) is 5.03. The van der Waals surface area contributed by atoms with Crippen molar-refractivity contribution in [1.29, 1.82) is 0 Å². The third-order valence-corrected chi connectivity index (χ3v) is 4.41. The van der Waals surface area contributed by atoms with Gasteiger partial charge in [-0.15, -0.1) is 0 Å². The van der Waals surface area contributed by atoms with Crippen molar-refractivity contribution < 1.29 is 9.53 Å². The van der Waals surface area contributed by atoms with Crippen LogP contribution in [0, 0.1) is 0 Å². The average molecular weight is 312 g/mol. The van der Waals surface area contributed by atoms with Gasteiger partial charge in [-0.3, -0.25) is 9.69 Å². The number of nitrogens with zero attached hydrogens (tertiary/aromatic N) is 1. The Morgan fingerprint density at radius 1 is 1.57 bits per heavy atom. The van der Waals surface area contributed by atoms with Crippen LogP contribution in [0.2, 0.25) is 5.02 Å². The first-order valence-corrected chi connectivity index (χ1v) is 7.47. The highest BCUT2D eigenvalue weighted by Gasteiger charge is 2.32. The van der Waals surface area contributed by atoms with Crippen molar-refractivity contribution in [3.05, 3.63) is 23.2 Å². The number of anilines is 2. The van der Waals surface area contributed by atoms with Gasteiger partial charge >= 0.3 is 0 Å². The number of carbonyl (C=O) groups excluding carboxylic acids is 1. The fraction of sp³-hybridized carbons (Fsp3) is 0.533. The van der Waals surface area contributed by atoms with Crippen LogP contribution >= 0.6 is 11.6 Å². The number of halogens is 1. The van der Waals surface area contributed by atoms with Crippen molar-refractivity contribution in [3.63, 3.8) is 0 Å². The highest BCUT2D eigenvalue weighted by molar-refractivity contribution is 6.34. The van der Waals surface area contributed by atoms with Crippen molar-refractivity contribution >= 4 is 28.9 Å². The normalized spacial score (nSPS) is 23.3. The Bertz CT molecular complexity index is 524. The third kappa shape index (κ3) is 3.67. The van der Waals surface area contributed by atoms with E-state index in [2.05, 4.69) is 10.2 Å². The van der Waals surface area contributed by atoms with Gasteiger partial charge in [0.2, 0.25) is 5.91 Å². The molecule has 0 saturated carbocycles. The number of rotatable bonds is 4. The number of carbonyl (C=O) groups is 1. The second kappa shape index (κ2) is 6.64. The van der Waals surface area contributed by atoms with Crippen molar-refractivity contribution in [2.24, 2.45) is 0 Å². The molecule has 1 heterocycles. The van der Waals surface area contributed by atoms with E-state index >= 15 is 0 Å². The van der Waals surface area contributed by atoms with Crippen LogP contribution in [-0.4, -0.2) is 42.6 Å². The number of ether oxygens (including phenoxy) is 1. The summed E-state index contributed by atoms with van der Waals surface area (Å²) in [5.74, 6) is -0.0942. The molecular weight excluding hydrogens is 290 g/mol. The van der Waals surface area contributed by atoms with Crippen LogP contribution in [-0.2, 0) is 9.53 Å². The fourth-order valence-corrected chi connectivity index (χ4v) is 2.83. The average Bonchev–Trinajstić information content (AvgIpc) is 2.86. The number of benzene rings is 1. The van der Waals surface area contributed by atoms with E-state index in [0.717, 1.165) is 13.0 Å². The molecule has 1 aliphatic heterocycles. The number of hydrogen-bond acceptors (Lipinski definition) is 4. The van der Waals surface area contributed by atoms with Crippen LogP contribution in [0.15, 0.2) is 18.2 Å². The maximum atomic E-state index is 12.4. The van der Waals surface area contributed by atoms with Crippen molar-refractivity contribution in [2.75, 3.05) is 24.7 Å². The lowest BCUT2D eigenvalue weighted by Gasteiger charge is -2.31. The van der Waals surface area contributed by atoms with Gasteiger partial charge in [0.25, 0.3) is 0 Å². The van der Waals surface area contributed by atoms with Crippen molar-refractivity contribution in [3.8, 4) is 0 Å². The van der Waals surface area contributed by atoms with E-state index in [9.17, 15) is 4.79 Å². The molecule has 5 nitrogen and oxygen atoms in total. The van der Waals surface area contributed by atoms with Gasteiger partial charge in [0.15, 0.2) is 0 Å². The van der Waals surface area contributed by atoms with E-state index in [1.165, 1.54) is 0 Å². The molecule has 116 valence electrons. The van der Waals surface area contributed by atoms with Crippen molar-refractivity contribution in [2.45, 2.75) is 38.5 Å². The van der Waals surface area contributed by atoms with E-state index in [4.69, 9.17) is 22.1 Å². The molecule has 3 unspecified atom stereocenters. The van der Waals surface area contributed by atoms with Gasteiger partial charge in [-0.05, 0) is 45.5 Å². The minimum Gasteiger partial charge on any atom is -0.399 e. The molecule has 3 N–H and O–H groups in total. The van der Waals surface area contributed by atoms with Crippen LogP contribution in [0.1, 0.15) is 20.3 Å². The summed E-state index contributed by atoms with van der Waals surface area (Å²) < 4.78 is 5.56. The Kier molecular flexibility index (Phi) is 5.08. The van der Waals surface area contributed by atoms with Gasteiger partial charge < -0.3 is 15.8 Å². The van der Waals surface area contributed by atoms with Gasteiger partial charge in [-0.25, -0.2) is 0 Å². The first-order chi connectivity index (χ1) is 9.90. The lowest BCUT2D eigenvalue weighted by atomic mass is 10.1. The molecule has 1 aromatic carbocycles. The Morgan fingerprint density at radius 2 is 2.29 bits per heavy atom. The Hall–Kier alpha value is -1.30. The second-order valence-corrected chi connectivity index (χ2v) is 5.91. The first-order valence-electron chi connectivity index (χ1n) is 7.09. The summed E-state index contributed by atoms with van der Waals surface area (Å²) in [5.41, 5.74) is 6.79. The quantitative estimate of drug-likeness (QED) is 0.838. The summed E-state index contributed by atoms with van der Waals surface area (Å²) in [6.07, 6.45) is 1.09. The second-order valence-electron chi connectivity index (χ2n) is 5.50. The van der Waals surface area contributed by atoms with E-state index in [1.807, 2.05) is 20.9 Å². The summed E-state index contributed by atoms with van der Waals surface area (Å²) in [4.78, 5) is 14.4. The largest absolute Gasteiger partial charge is 0.399 e. The van der Waals surface area contributed by atoms with E-state index in [1.54, 1.807) is 18.2 Å². The molecule has 1 amide bonds. The fourth-order valence-electron chi connectivity index (χ4n) is 2.60. The summed E-state index contributed by atoms with van der Waals surface area (Å²) in [7, 11) is 1.95. The number of nitrogens with two attached hydrogens (primary N) is 1. The molecule has 1 fully saturated rings. The molecule has 0 aliphatic carbocycles. The molecule has 2 rings (SSSR count). The predicted molar refractivity (Wildman–Crippen MR) is 85.5 cm³/mol. The van der Waals surface area contributed by atoms with Gasteiger partial charge in [-0.1, -0.05) is 11.6 Å². The first kappa shape index (κ1) is 16.1. The molecule has 3 atom stereocenters. The number of nitrogen functional groups attached to an aromatic ring is 1. The number of likely N-dealkylation sites (N-methyl/N-ethyl adjacent to an activating group) is 1. The monoisotopic (exact) mass is 311 g/mol. The van der Waals surface area contributed by atoms with Gasteiger partial charge in [0, 0.05) is 18.3 Å². The number of hydrogen-bond donors (Lipinski definition) is 2. The zero-order chi connectivity index (χ0) is 15.6. The lowest BCUT2D eigenvalue weighted by molar-refractivity contribution is -0.121. The molecular formula is C15H22ClN3O2. The Balaban J connectivity index is 2.02. The van der Waals surface area contributed by atoms with Gasteiger partial charge in [0.05, 0.1) is 22.9 Å². The van der Waals surface area contributed by atoms with Crippen LogP contribution < -0.4 is 11.1 Å². The van der Waals surface area contributed by atoms with E-state index < -0.39 is 0 Å². The van der Waals surface area contributed by atoms with Crippen LogP contribution in [0.25, 0.3) is 0 Å². The maximum Gasteiger partial charge on any atom is 0.241 e. The predicted octanol–water partition coefficient (Wildman–Crippen LogP) is 2.36. The zero-order valence-corrected chi connectivity index (χ0v) is 13.4. The minimum absolute atomic E-state index is 0.0942. The van der Waals surface area contributed by atoms with E-state index in [0.29, 0.717) is 16.4 Å². The van der Waals surface area contributed by atoms with Gasteiger partial charge in [-0.2, -0.15) is 0 Å². The Morgan fingerprint density at radius 3 is 2.86 bits per heavy atom. The Labute approximate surface area is 130 Å². The highest BCUT2D eigenvalue weighted by Crippen LogP contribution is 2.25. The third-order valence-electron chi connectivity index (χ3n) is 4.10. The molecule has 1 aromatic rings. The van der Waals surface area contributed by atoms with E-state index in [-0.39, 0.29) is 24.1 Å². The SMILES string of the molecule is CC1OCCC1N(C)C(C)C(=O)Nc1ccc(N)cc1Cl. The molecule has 0 bridgehead atoms. The molecule has 6 heteroatoms. The van der Waals surface area contributed by atoms with Gasteiger partial charge in [0.1, 0.15) is 0 Å². The molecule has 1 saturated heterocycles. The number of nitrogens with one attached hydrogen (secondary N) is 1.